The Labute approximate surface area is 165 Å². The fraction of sp³-hybridized carbons (Fsp3) is 0.115. The van der Waals surface area contributed by atoms with Crippen LogP contribution in [0.3, 0.4) is 0 Å². The second kappa shape index (κ2) is 7.58. The lowest BCUT2D eigenvalue weighted by Gasteiger charge is -2.13. The molecule has 0 bridgehead atoms. The van der Waals surface area contributed by atoms with E-state index in [1.54, 1.807) is 6.92 Å². The van der Waals surface area contributed by atoms with Crippen LogP contribution >= 0.6 is 0 Å². The Bertz CT molecular complexity index is 1190. The summed E-state index contributed by atoms with van der Waals surface area (Å²) in [5.74, 6) is 6.56. The molecular formula is C26H21NO. The van der Waals surface area contributed by atoms with Crippen LogP contribution in [-0.4, -0.2) is 10.8 Å². The normalized spacial score (nSPS) is 11.6. The summed E-state index contributed by atoms with van der Waals surface area (Å²) < 4.78 is 0. The number of aromatic nitrogens is 1. The SMILES string of the molecule is CC(=O)c1[nH]c2ccccc2c1C(C#Cc1ccccc1)c1ccc(C)cc1. The number of hydrogen-bond acceptors (Lipinski definition) is 1. The van der Waals surface area contributed by atoms with Gasteiger partial charge in [-0.25, -0.2) is 0 Å². The van der Waals surface area contributed by atoms with Crippen molar-refractivity contribution in [1.82, 2.24) is 4.98 Å². The van der Waals surface area contributed by atoms with Gasteiger partial charge in [0.25, 0.3) is 0 Å². The molecule has 1 heterocycles. The Balaban J connectivity index is 1.95. The Morgan fingerprint density at radius 3 is 2.29 bits per heavy atom. The van der Waals surface area contributed by atoms with E-state index >= 15 is 0 Å². The molecule has 4 rings (SSSR count). The number of carbonyl (C=O) groups excluding carboxylic acids is 1. The van der Waals surface area contributed by atoms with Crippen molar-refractivity contribution >= 4 is 16.7 Å². The van der Waals surface area contributed by atoms with Gasteiger partial charge in [-0.1, -0.05) is 78.1 Å². The molecule has 0 aliphatic rings. The zero-order valence-corrected chi connectivity index (χ0v) is 16.0. The summed E-state index contributed by atoms with van der Waals surface area (Å²) in [4.78, 5) is 15.7. The molecule has 0 radical (unpaired) electrons. The molecule has 2 heteroatoms. The Morgan fingerprint density at radius 1 is 0.893 bits per heavy atom. The first kappa shape index (κ1) is 17.8. The number of benzene rings is 3. The van der Waals surface area contributed by atoms with Crippen molar-refractivity contribution in [3.05, 3.63) is 107 Å². The standard InChI is InChI=1S/C26H21NO/c1-18-12-15-21(16-13-18)22(17-14-20-8-4-3-5-9-20)25-23-10-6-7-11-24(23)27-26(25)19(2)28/h3-13,15-16,22,27H,1-2H3. The predicted molar refractivity (Wildman–Crippen MR) is 115 cm³/mol. The van der Waals surface area contributed by atoms with E-state index in [2.05, 4.69) is 54.1 Å². The third kappa shape index (κ3) is 3.48. The number of H-pyrrole nitrogens is 1. The molecule has 0 amide bonds. The van der Waals surface area contributed by atoms with Crippen LogP contribution in [0.1, 0.15) is 45.6 Å². The Kier molecular flexibility index (Phi) is 4.83. The topological polar surface area (TPSA) is 32.9 Å². The van der Waals surface area contributed by atoms with Crippen molar-refractivity contribution in [2.45, 2.75) is 19.8 Å². The summed E-state index contributed by atoms with van der Waals surface area (Å²) >= 11 is 0. The minimum absolute atomic E-state index is 0.0184. The quantitative estimate of drug-likeness (QED) is 0.359. The maximum Gasteiger partial charge on any atom is 0.176 e. The van der Waals surface area contributed by atoms with Crippen LogP contribution in [0, 0.1) is 18.8 Å². The molecule has 0 spiro atoms. The molecule has 136 valence electrons. The maximum atomic E-state index is 12.4. The molecule has 1 N–H and O–H groups in total. The number of aromatic amines is 1. The lowest BCUT2D eigenvalue weighted by molar-refractivity contribution is 0.101. The highest BCUT2D eigenvalue weighted by atomic mass is 16.1. The van der Waals surface area contributed by atoms with Gasteiger partial charge in [-0.3, -0.25) is 4.79 Å². The van der Waals surface area contributed by atoms with E-state index in [9.17, 15) is 4.79 Å². The Hall–Kier alpha value is -3.57. The van der Waals surface area contributed by atoms with Gasteiger partial charge in [0.2, 0.25) is 0 Å². The molecule has 1 unspecified atom stereocenters. The van der Waals surface area contributed by atoms with Crippen LogP contribution in [0.2, 0.25) is 0 Å². The zero-order valence-electron chi connectivity index (χ0n) is 16.0. The third-order valence-electron chi connectivity index (χ3n) is 4.93. The summed E-state index contributed by atoms with van der Waals surface area (Å²) in [5.41, 5.74) is 5.79. The highest BCUT2D eigenvalue weighted by Crippen LogP contribution is 2.34. The first-order valence-corrected chi connectivity index (χ1v) is 9.38. The van der Waals surface area contributed by atoms with Crippen molar-refractivity contribution in [2.24, 2.45) is 0 Å². The fourth-order valence-electron chi connectivity index (χ4n) is 3.50. The van der Waals surface area contributed by atoms with Gasteiger partial charge >= 0.3 is 0 Å². The van der Waals surface area contributed by atoms with Crippen LogP contribution in [0.25, 0.3) is 10.9 Å². The third-order valence-corrected chi connectivity index (χ3v) is 4.93. The molecule has 0 aliphatic heterocycles. The van der Waals surface area contributed by atoms with E-state index in [1.165, 1.54) is 5.56 Å². The monoisotopic (exact) mass is 363 g/mol. The zero-order chi connectivity index (χ0) is 19.5. The molecule has 0 aliphatic carbocycles. The van der Waals surface area contributed by atoms with Crippen LogP contribution < -0.4 is 0 Å². The van der Waals surface area contributed by atoms with Crippen molar-refractivity contribution < 1.29 is 4.79 Å². The van der Waals surface area contributed by atoms with Crippen LogP contribution in [0.5, 0.6) is 0 Å². The summed E-state index contributed by atoms with van der Waals surface area (Å²) in [6.07, 6.45) is 0. The van der Waals surface area contributed by atoms with Crippen molar-refractivity contribution in [1.29, 1.82) is 0 Å². The Morgan fingerprint density at radius 2 is 1.57 bits per heavy atom. The molecule has 3 aromatic carbocycles. The van der Waals surface area contributed by atoms with Gasteiger partial charge in [0.05, 0.1) is 11.6 Å². The number of aryl methyl sites for hydroxylation is 1. The van der Waals surface area contributed by atoms with Gasteiger partial charge in [-0.05, 0) is 30.7 Å². The lowest BCUT2D eigenvalue weighted by Crippen LogP contribution is -2.05. The first-order chi connectivity index (χ1) is 13.6. The molecule has 1 aromatic heterocycles. The van der Waals surface area contributed by atoms with Crippen molar-refractivity contribution in [3.8, 4) is 11.8 Å². The van der Waals surface area contributed by atoms with Gasteiger partial charge < -0.3 is 4.98 Å². The summed E-state index contributed by atoms with van der Waals surface area (Å²) in [7, 11) is 0. The minimum Gasteiger partial charge on any atom is -0.352 e. The van der Waals surface area contributed by atoms with Crippen LogP contribution in [0.4, 0.5) is 0 Å². The number of nitrogens with one attached hydrogen (secondary N) is 1. The number of Topliss-reactive ketones (excluding diaryl/α,β-unsaturated/α-hetero) is 1. The average molecular weight is 363 g/mol. The van der Waals surface area contributed by atoms with Crippen LogP contribution in [-0.2, 0) is 0 Å². The van der Waals surface area contributed by atoms with E-state index in [4.69, 9.17) is 0 Å². The van der Waals surface area contributed by atoms with E-state index < -0.39 is 0 Å². The number of hydrogen-bond donors (Lipinski definition) is 1. The number of para-hydroxylation sites is 1. The number of carbonyl (C=O) groups is 1. The second-order valence-electron chi connectivity index (χ2n) is 6.99. The van der Waals surface area contributed by atoms with Crippen molar-refractivity contribution in [2.75, 3.05) is 0 Å². The molecule has 0 saturated carbocycles. The fourth-order valence-corrected chi connectivity index (χ4v) is 3.50. The summed E-state index contributed by atoms with van der Waals surface area (Å²) in [6, 6.07) is 26.4. The van der Waals surface area contributed by atoms with Crippen molar-refractivity contribution in [3.63, 3.8) is 0 Å². The van der Waals surface area contributed by atoms with E-state index in [-0.39, 0.29) is 11.7 Å². The van der Waals surface area contributed by atoms with E-state index in [0.29, 0.717) is 5.69 Å². The van der Waals surface area contributed by atoms with Gasteiger partial charge in [0, 0.05) is 29.0 Å². The smallest absolute Gasteiger partial charge is 0.176 e. The largest absolute Gasteiger partial charge is 0.352 e. The van der Waals surface area contributed by atoms with Gasteiger partial charge in [-0.2, -0.15) is 0 Å². The highest BCUT2D eigenvalue weighted by molar-refractivity contribution is 6.02. The van der Waals surface area contributed by atoms with Crippen LogP contribution in [0.15, 0.2) is 78.9 Å². The number of fused-ring (bicyclic) bond motifs is 1. The molecule has 1 atom stereocenters. The van der Waals surface area contributed by atoms with E-state index in [1.807, 2.05) is 48.5 Å². The number of rotatable bonds is 3. The molecule has 2 nitrogen and oxygen atoms in total. The summed E-state index contributed by atoms with van der Waals surface area (Å²) in [6.45, 7) is 3.67. The minimum atomic E-state index is -0.198. The lowest BCUT2D eigenvalue weighted by atomic mass is 9.88. The average Bonchev–Trinajstić information content (AvgIpc) is 3.10. The van der Waals surface area contributed by atoms with Gasteiger partial charge in [0.1, 0.15) is 0 Å². The summed E-state index contributed by atoms with van der Waals surface area (Å²) in [5, 5.41) is 1.04. The molecular weight excluding hydrogens is 342 g/mol. The van der Waals surface area contributed by atoms with Gasteiger partial charge in [-0.15, -0.1) is 0 Å². The predicted octanol–water partition coefficient (Wildman–Crippen LogP) is 5.86. The number of ketones is 1. The molecule has 0 fully saturated rings. The highest BCUT2D eigenvalue weighted by Gasteiger charge is 2.23. The molecule has 0 saturated heterocycles. The molecule has 4 aromatic rings. The maximum absolute atomic E-state index is 12.4. The first-order valence-electron chi connectivity index (χ1n) is 9.38. The second-order valence-corrected chi connectivity index (χ2v) is 6.99. The van der Waals surface area contributed by atoms with Gasteiger partial charge in [0.15, 0.2) is 5.78 Å². The van der Waals surface area contributed by atoms with E-state index in [0.717, 1.165) is 27.6 Å². The molecule has 28 heavy (non-hydrogen) atoms.